The van der Waals surface area contributed by atoms with E-state index in [0.717, 1.165) is 37.4 Å². The van der Waals surface area contributed by atoms with E-state index in [2.05, 4.69) is 45.1 Å². The number of carbonyl (C=O) groups is 2. The maximum atomic E-state index is 12.6. The molecule has 0 aromatic heterocycles. The molecule has 196 valence electrons. The van der Waals surface area contributed by atoms with E-state index in [1.54, 1.807) is 11.9 Å². The normalized spacial score (nSPS) is 37.2. The highest BCUT2D eigenvalue weighted by molar-refractivity contribution is 5.91. The minimum atomic E-state index is -0.386. The minimum absolute atomic E-state index is 0.0383. The van der Waals surface area contributed by atoms with Gasteiger partial charge in [-0.3, -0.25) is 9.63 Å². The average Bonchev–Trinajstić information content (AvgIpc) is 3.14. The largest absolute Gasteiger partial charge is 0.435 e. The smallest absolute Gasteiger partial charge is 0.319 e. The SMILES string of the molecule is CNCC(C)(C)CN(C)C(=O)O/N=C(\C)[C@H]1CCC2[C@@H]3CCC4=CC(=O)CC[C@]4(C)[C@H]3CC[C@@]21C. The molecule has 1 amide bonds. The van der Waals surface area contributed by atoms with Crippen molar-refractivity contribution in [2.45, 2.75) is 86.0 Å². The first kappa shape index (κ1) is 26.4. The van der Waals surface area contributed by atoms with Crippen LogP contribution in [0.4, 0.5) is 4.79 Å². The summed E-state index contributed by atoms with van der Waals surface area (Å²) in [6.45, 7) is 12.7. The molecule has 35 heavy (non-hydrogen) atoms. The van der Waals surface area contributed by atoms with Crippen LogP contribution in [0, 0.1) is 39.9 Å². The van der Waals surface area contributed by atoms with Crippen molar-refractivity contribution in [1.29, 1.82) is 0 Å². The summed E-state index contributed by atoms with van der Waals surface area (Å²) in [4.78, 5) is 31.8. The number of oxime groups is 1. The van der Waals surface area contributed by atoms with Gasteiger partial charge in [-0.2, -0.15) is 0 Å². The first-order valence-corrected chi connectivity index (χ1v) is 13.8. The highest BCUT2D eigenvalue weighted by atomic mass is 16.7. The van der Waals surface area contributed by atoms with E-state index in [1.165, 1.54) is 31.3 Å². The second kappa shape index (κ2) is 9.64. The zero-order valence-corrected chi connectivity index (χ0v) is 23.1. The zero-order valence-electron chi connectivity index (χ0n) is 23.1. The van der Waals surface area contributed by atoms with Gasteiger partial charge in [-0.05, 0) is 99.0 Å². The highest BCUT2D eigenvalue weighted by Gasteiger charge is 2.59. The lowest BCUT2D eigenvalue weighted by Crippen LogP contribution is -2.51. The molecule has 0 spiro atoms. The molecular weight excluding hydrogens is 438 g/mol. The van der Waals surface area contributed by atoms with Crippen LogP contribution < -0.4 is 5.32 Å². The van der Waals surface area contributed by atoms with Gasteiger partial charge in [0.1, 0.15) is 0 Å². The fraction of sp³-hybridized carbons (Fsp3) is 0.828. The van der Waals surface area contributed by atoms with Crippen LogP contribution in [-0.4, -0.2) is 49.7 Å². The molecule has 4 aliphatic carbocycles. The van der Waals surface area contributed by atoms with Crippen LogP contribution in [-0.2, 0) is 9.63 Å². The fourth-order valence-electron chi connectivity index (χ4n) is 8.73. The number of nitrogens with zero attached hydrogens (tertiary/aromatic N) is 2. The first-order valence-electron chi connectivity index (χ1n) is 13.8. The third kappa shape index (κ3) is 4.84. The number of hydrogen-bond donors (Lipinski definition) is 1. The lowest BCUT2D eigenvalue weighted by molar-refractivity contribution is -0.117. The third-order valence-electron chi connectivity index (χ3n) is 10.4. The molecule has 3 saturated carbocycles. The summed E-state index contributed by atoms with van der Waals surface area (Å²) in [5.41, 5.74) is 2.78. The quantitative estimate of drug-likeness (QED) is 0.292. The summed E-state index contributed by atoms with van der Waals surface area (Å²) < 4.78 is 0. The number of nitrogens with one attached hydrogen (secondary N) is 1. The molecule has 4 aliphatic rings. The van der Waals surface area contributed by atoms with Crippen LogP contribution in [0.1, 0.15) is 86.0 Å². The Morgan fingerprint density at radius 1 is 1.17 bits per heavy atom. The Balaban J connectivity index is 1.43. The van der Waals surface area contributed by atoms with E-state index >= 15 is 0 Å². The van der Waals surface area contributed by atoms with Crippen molar-refractivity contribution in [3.63, 3.8) is 0 Å². The van der Waals surface area contributed by atoms with Crippen molar-refractivity contribution in [3.05, 3.63) is 11.6 Å². The van der Waals surface area contributed by atoms with Crippen molar-refractivity contribution >= 4 is 17.6 Å². The topological polar surface area (TPSA) is 71.0 Å². The number of rotatable bonds is 6. The van der Waals surface area contributed by atoms with E-state index in [4.69, 9.17) is 4.84 Å². The zero-order chi connectivity index (χ0) is 25.6. The Morgan fingerprint density at radius 2 is 1.91 bits per heavy atom. The van der Waals surface area contributed by atoms with Crippen LogP contribution in [0.15, 0.2) is 16.8 Å². The van der Waals surface area contributed by atoms with Gasteiger partial charge >= 0.3 is 6.09 Å². The van der Waals surface area contributed by atoms with E-state index in [1.807, 2.05) is 13.1 Å². The molecule has 0 bridgehead atoms. The summed E-state index contributed by atoms with van der Waals surface area (Å²) in [5.74, 6) is 2.80. The van der Waals surface area contributed by atoms with Gasteiger partial charge in [-0.1, -0.05) is 38.4 Å². The van der Waals surface area contributed by atoms with Gasteiger partial charge in [0.05, 0.1) is 5.71 Å². The van der Waals surface area contributed by atoms with Gasteiger partial charge in [-0.15, -0.1) is 0 Å². The number of fused-ring (bicyclic) bond motifs is 5. The first-order chi connectivity index (χ1) is 16.4. The van der Waals surface area contributed by atoms with Gasteiger partial charge in [0.25, 0.3) is 0 Å². The molecule has 0 heterocycles. The van der Waals surface area contributed by atoms with Crippen LogP contribution in [0.2, 0.25) is 0 Å². The third-order valence-corrected chi connectivity index (χ3v) is 10.4. The number of allylic oxidation sites excluding steroid dienone is 1. The molecule has 0 saturated heterocycles. The maximum Gasteiger partial charge on any atom is 0.435 e. The van der Waals surface area contributed by atoms with Crippen molar-refractivity contribution in [1.82, 2.24) is 10.2 Å². The molecule has 6 atom stereocenters. The van der Waals surface area contributed by atoms with Crippen molar-refractivity contribution < 1.29 is 14.4 Å². The standard InChI is InChI=1S/C29H47N3O3/c1-19(31-35-26(34)32(7)18-27(2,3)17-30-6)23-10-11-24-22-9-8-20-16-21(33)12-14-28(20,4)25(22)13-15-29(23,24)5/h16,22-25,30H,8-15,17-18H2,1-7H3/b31-19+/t22-,23+,24?,25-,28-,29+/m0/s1. The number of amides is 1. The van der Waals surface area contributed by atoms with Crippen molar-refractivity contribution in [2.24, 2.45) is 45.1 Å². The van der Waals surface area contributed by atoms with Gasteiger partial charge < -0.3 is 10.2 Å². The fourth-order valence-corrected chi connectivity index (χ4v) is 8.73. The molecule has 1 unspecified atom stereocenters. The summed E-state index contributed by atoms with van der Waals surface area (Å²) in [5, 5.41) is 7.58. The Morgan fingerprint density at radius 3 is 2.63 bits per heavy atom. The Bertz CT molecular complexity index is 909. The second-order valence-electron chi connectivity index (χ2n) is 13.3. The summed E-state index contributed by atoms with van der Waals surface area (Å²) in [7, 11) is 3.71. The second-order valence-corrected chi connectivity index (χ2v) is 13.3. The van der Waals surface area contributed by atoms with Gasteiger partial charge in [0.15, 0.2) is 5.78 Å². The molecule has 0 aromatic rings. The van der Waals surface area contributed by atoms with Crippen LogP contribution in [0.5, 0.6) is 0 Å². The number of hydrogen-bond acceptors (Lipinski definition) is 5. The minimum Gasteiger partial charge on any atom is -0.319 e. The van der Waals surface area contributed by atoms with E-state index in [9.17, 15) is 9.59 Å². The maximum absolute atomic E-state index is 12.6. The Labute approximate surface area is 212 Å². The molecule has 0 aromatic carbocycles. The molecular formula is C29H47N3O3. The van der Waals surface area contributed by atoms with E-state index in [-0.39, 0.29) is 22.3 Å². The average molecular weight is 486 g/mol. The monoisotopic (exact) mass is 485 g/mol. The summed E-state index contributed by atoms with van der Waals surface area (Å²) in [6, 6.07) is 0. The lowest BCUT2D eigenvalue weighted by atomic mass is 9.46. The van der Waals surface area contributed by atoms with Crippen molar-refractivity contribution in [2.75, 3.05) is 27.2 Å². The highest BCUT2D eigenvalue weighted by Crippen LogP contribution is 2.66. The van der Waals surface area contributed by atoms with Crippen LogP contribution in [0.25, 0.3) is 0 Å². The predicted molar refractivity (Wildman–Crippen MR) is 140 cm³/mol. The number of carbonyl (C=O) groups excluding carboxylic acids is 2. The van der Waals surface area contributed by atoms with Crippen LogP contribution >= 0.6 is 0 Å². The number of ketones is 1. The van der Waals surface area contributed by atoms with E-state index < -0.39 is 0 Å². The molecule has 4 rings (SSSR count). The summed E-state index contributed by atoms with van der Waals surface area (Å²) in [6.07, 6.45) is 10.4. The predicted octanol–water partition coefficient (Wildman–Crippen LogP) is 5.82. The molecule has 1 N–H and O–H groups in total. The van der Waals surface area contributed by atoms with Gasteiger partial charge in [0.2, 0.25) is 0 Å². The van der Waals surface area contributed by atoms with Gasteiger partial charge in [-0.25, -0.2) is 4.79 Å². The Hall–Kier alpha value is -1.69. The van der Waals surface area contributed by atoms with Crippen molar-refractivity contribution in [3.8, 4) is 0 Å². The van der Waals surface area contributed by atoms with Crippen LogP contribution in [0.3, 0.4) is 0 Å². The molecule has 3 fully saturated rings. The van der Waals surface area contributed by atoms with Gasteiger partial charge in [0, 0.05) is 32.5 Å². The molecule has 6 nitrogen and oxygen atoms in total. The van der Waals surface area contributed by atoms with E-state index in [0.29, 0.717) is 36.5 Å². The summed E-state index contributed by atoms with van der Waals surface area (Å²) >= 11 is 0. The molecule has 0 aliphatic heterocycles. The molecule has 0 radical (unpaired) electrons. The Kier molecular flexibility index (Phi) is 7.27. The lowest BCUT2D eigenvalue weighted by Gasteiger charge is -2.58. The molecule has 6 heteroatoms.